The van der Waals surface area contributed by atoms with Crippen LogP contribution in [0.25, 0.3) is 9.96 Å². The molecule has 3 nitrogen and oxygen atoms in total. The van der Waals surface area contributed by atoms with Crippen molar-refractivity contribution in [2.45, 2.75) is 151 Å². The minimum Gasteiger partial charge on any atom is -0.683 e. The Balaban J connectivity index is 0.00000348. The smallest absolute Gasteiger partial charge is 0.683 e. The van der Waals surface area contributed by atoms with Crippen LogP contribution in [-0.2, 0) is 67.8 Å². The van der Waals surface area contributed by atoms with E-state index in [4.69, 9.17) is 14.7 Å². The standard InChI is InChI=1S/C47H66N2OSi2.2CH3.Hf/c1-17-31-23-21-24-32(18-2)41(31)48-51(13,14)39-29-35(45(5,6)7)27-37-43(39)50-44-38(47(37,11)12)28-36(46(8,9)10)30-40(44)52(15,16)49-42-33(19-3)25-22-26-34(42)20-4;;;/h21-30H,17-20H2,1-16H3;2*1H3;/q-2;2*-1;+4. The molecule has 296 valence electrons. The molecule has 6 heteroatoms. The molecule has 0 atom stereocenters. The van der Waals surface area contributed by atoms with Crippen LogP contribution < -0.4 is 15.1 Å². The van der Waals surface area contributed by atoms with Gasteiger partial charge < -0.3 is 29.6 Å². The van der Waals surface area contributed by atoms with Gasteiger partial charge in [-0.25, -0.2) is 0 Å². The SMILES string of the molecule is CCc1cccc(CC)c1[N-][Si](C)(C)c1cc(C(C)(C)C)cc2c1Oc1c(cc(C(C)(C)C)cc1[Si](C)(C)[N-]c1c(CC)cccc1CC)C2(C)C.[CH3-].[CH3-].[Hf+4]. The Kier molecular flexibility index (Phi) is 15.6. The summed E-state index contributed by atoms with van der Waals surface area (Å²) < 4.78 is 7.53. The number of ether oxygens (including phenoxy) is 1. The average molecular weight is 940 g/mol. The zero-order chi connectivity index (χ0) is 38.6. The molecule has 0 fully saturated rings. The Morgan fingerprint density at radius 3 is 1.09 bits per heavy atom. The Labute approximate surface area is 359 Å². The molecule has 0 saturated heterocycles. The molecule has 1 aliphatic rings. The molecule has 0 N–H and O–H groups in total. The number of hydrogen-bond acceptors (Lipinski definition) is 1. The van der Waals surface area contributed by atoms with E-state index in [2.05, 4.69) is 170 Å². The first-order chi connectivity index (χ1) is 24.1. The number of benzene rings is 4. The first-order valence-corrected chi connectivity index (χ1v) is 25.7. The zero-order valence-electron chi connectivity index (χ0n) is 37.9. The Hall–Kier alpha value is -2.42. The second-order valence-electron chi connectivity index (χ2n) is 18.6. The fourth-order valence-electron chi connectivity index (χ4n) is 7.83. The predicted molar refractivity (Wildman–Crippen MR) is 246 cm³/mol. The summed E-state index contributed by atoms with van der Waals surface area (Å²) in [4.78, 5) is 11.6. The summed E-state index contributed by atoms with van der Waals surface area (Å²) in [5.74, 6) is 2.05. The van der Waals surface area contributed by atoms with E-state index in [1.807, 2.05) is 0 Å². The molecule has 4 aromatic rings. The van der Waals surface area contributed by atoms with Crippen LogP contribution in [-0.4, -0.2) is 16.5 Å². The van der Waals surface area contributed by atoms with Gasteiger partial charge in [-0.1, -0.05) is 192 Å². The third-order valence-electron chi connectivity index (χ3n) is 11.5. The molecular weight excluding hydrogens is 867 g/mol. The van der Waals surface area contributed by atoms with Crippen LogP contribution in [0.5, 0.6) is 11.5 Å². The quantitative estimate of drug-likeness (QED) is 0.115. The minimum atomic E-state index is -2.49. The van der Waals surface area contributed by atoms with Crippen molar-refractivity contribution in [1.82, 2.24) is 0 Å². The molecule has 0 radical (unpaired) electrons. The molecule has 0 bridgehead atoms. The Morgan fingerprint density at radius 1 is 0.545 bits per heavy atom. The van der Waals surface area contributed by atoms with Crippen molar-refractivity contribution in [2.24, 2.45) is 0 Å². The van der Waals surface area contributed by atoms with Crippen LogP contribution in [0.2, 0.25) is 26.2 Å². The van der Waals surface area contributed by atoms with Crippen LogP contribution in [0.15, 0.2) is 60.7 Å². The molecule has 0 aliphatic carbocycles. The fourth-order valence-corrected chi connectivity index (χ4v) is 12.3. The molecule has 0 unspecified atom stereocenters. The second kappa shape index (κ2) is 17.6. The van der Waals surface area contributed by atoms with E-state index in [1.54, 1.807) is 0 Å². The van der Waals surface area contributed by atoms with E-state index in [9.17, 15) is 0 Å². The maximum Gasteiger partial charge on any atom is 4.00 e. The van der Waals surface area contributed by atoms with Crippen LogP contribution in [0.3, 0.4) is 0 Å². The molecule has 1 heterocycles. The summed E-state index contributed by atoms with van der Waals surface area (Å²) in [5.41, 5.74) is 12.6. The number of nitrogens with zero attached hydrogens (tertiary/aromatic N) is 2. The molecule has 1 aliphatic heterocycles. The van der Waals surface area contributed by atoms with Gasteiger partial charge in [0.25, 0.3) is 0 Å². The van der Waals surface area contributed by atoms with Gasteiger partial charge in [0.05, 0.1) is 0 Å². The maximum atomic E-state index is 7.53. The van der Waals surface area contributed by atoms with E-state index >= 15 is 0 Å². The van der Waals surface area contributed by atoms with Gasteiger partial charge in [-0.2, -0.15) is 0 Å². The molecule has 0 spiro atoms. The van der Waals surface area contributed by atoms with Gasteiger partial charge in [0.15, 0.2) is 0 Å². The van der Waals surface area contributed by atoms with Gasteiger partial charge in [0.2, 0.25) is 0 Å². The van der Waals surface area contributed by atoms with Crippen molar-refractivity contribution in [1.29, 1.82) is 0 Å². The topological polar surface area (TPSA) is 37.4 Å². The number of aryl methyl sites for hydroxylation is 4. The van der Waals surface area contributed by atoms with E-state index in [0.717, 1.165) is 37.2 Å². The zero-order valence-corrected chi connectivity index (χ0v) is 43.5. The van der Waals surface area contributed by atoms with E-state index in [0.29, 0.717) is 0 Å². The largest absolute Gasteiger partial charge is 4.00 e. The second-order valence-corrected chi connectivity index (χ2v) is 26.4. The Morgan fingerprint density at radius 2 is 0.836 bits per heavy atom. The first-order valence-electron chi connectivity index (χ1n) is 19.8. The van der Waals surface area contributed by atoms with Gasteiger partial charge in [-0.3, -0.25) is 0 Å². The van der Waals surface area contributed by atoms with Crippen molar-refractivity contribution >= 4 is 38.2 Å². The van der Waals surface area contributed by atoms with Gasteiger partial charge >= 0.3 is 25.8 Å². The van der Waals surface area contributed by atoms with Crippen molar-refractivity contribution in [3.8, 4) is 11.5 Å². The van der Waals surface area contributed by atoms with Crippen LogP contribution >= 0.6 is 0 Å². The molecule has 55 heavy (non-hydrogen) atoms. The van der Waals surface area contributed by atoms with Crippen molar-refractivity contribution in [3.05, 3.63) is 130 Å². The Bertz CT molecular complexity index is 1780. The van der Waals surface area contributed by atoms with Crippen molar-refractivity contribution < 1.29 is 30.6 Å². The molecule has 0 amide bonds. The normalized spacial score (nSPS) is 13.6. The first kappa shape index (κ1) is 48.7. The summed E-state index contributed by atoms with van der Waals surface area (Å²) in [7, 11) is -4.98. The number of fused-ring (bicyclic) bond motifs is 2. The number of hydrogen-bond donors (Lipinski definition) is 0. The van der Waals surface area contributed by atoms with Crippen molar-refractivity contribution in [3.63, 3.8) is 0 Å². The summed E-state index contributed by atoms with van der Waals surface area (Å²) >= 11 is 0. The molecule has 5 rings (SSSR count). The third kappa shape index (κ3) is 9.49. The van der Waals surface area contributed by atoms with Crippen LogP contribution in [0.4, 0.5) is 11.4 Å². The van der Waals surface area contributed by atoms with Gasteiger partial charge in [-0.15, -0.1) is 11.4 Å². The van der Waals surface area contributed by atoms with Gasteiger partial charge in [0.1, 0.15) is 11.5 Å². The molecule has 0 aromatic heterocycles. The number of rotatable bonds is 10. The van der Waals surface area contributed by atoms with Gasteiger partial charge in [-0.05, 0) is 74.5 Å². The predicted octanol–water partition coefficient (Wildman–Crippen LogP) is 14.1. The fraction of sp³-hybridized carbons (Fsp3) is 0.469. The monoisotopic (exact) mass is 940 g/mol. The molecular formula is C49H72HfN2OSi2. The van der Waals surface area contributed by atoms with Gasteiger partial charge in [0, 0.05) is 16.5 Å². The van der Waals surface area contributed by atoms with E-state index in [-0.39, 0.29) is 56.9 Å². The van der Waals surface area contributed by atoms with E-state index < -0.39 is 16.5 Å². The minimum absolute atomic E-state index is 0. The van der Waals surface area contributed by atoms with Crippen molar-refractivity contribution in [2.75, 3.05) is 0 Å². The summed E-state index contributed by atoms with van der Waals surface area (Å²) in [6.45, 7) is 37.5. The average Bonchev–Trinajstić information content (AvgIpc) is 3.06. The molecule has 0 saturated carbocycles. The van der Waals surface area contributed by atoms with Crippen LogP contribution in [0.1, 0.15) is 128 Å². The van der Waals surface area contributed by atoms with E-state index in [1.165, 1.54) is 66.3 Å². The third-order valence-corrected chi connectivity index (χ3v) is 16.4. The summed E-state index contributed by atoms with van der Waals surface area (Å²) in [6.07, 6.45) is 3.88. The summed E-state index contributed by atoms with van der Waals surface area (Å²) in [5, 5.41) is 2.57. The molecule has 4 aromatic carbocycles. The maximum absolute atomic E-state index is 7.53. The van der Waals surface area contributed by atoms with Crippen LogP contribution in [0, 0.1) is 14.9 Å². The summed E-state index contributed by atoms with van der Waals surface area (Å²) in [6, 6.07) is 23.2.